The van der Waals surface area contributed by atoms with E-state index in [0.29, 0.717) is 90.6 Å². The van der Waals surface area contributed by atoms with Crippen LogP contribution in [-0.4, -0.2) is 124 Å². The molecule has 9 rings (SSSR count). The van der Waals surface area contributed by atoms with Crippen molar-refractivity contribution in [3.8, 4) is 11.4 Å². The van der Waals surface area contributed by atoms with Gasteiger partial charge in [-0.2, -0.15) is 0 Å². The normalized spacial score (nSPS) is 18.5. The van der Waals surface area contributed by atoms with Crippen molar-refractivity contribution in [3.05, 3.63) is 110 Å². The standard InChI is InChI=1S/C54H58FN9O12/c1-3-31-33-21-40-50-34(26-64(40)52(72)35(33)27-75-54(31)74)49-39(14-13-32-29(2)36(55)22-37(61-50)48(32)49)62-19-17-41(53(62)73)76-28-59-44(67)24-58-51(71)38(20-30-10-6-4-7-11-30)60-45(68)25-57-43(66)23-56-42(65)12-8-5-9-18-63-46(69)15-16-47(63)70/h4,6-7,10-11,15-16,21-22,31,38-39,41H,3,5,8-9,12-14,17-20,23-28H2,1-2H3,(H,56,65)(H,57,66)(H,58,71)(H,59,67)(H,60,68)/t31-,38+,39+,41?/m1/s1. The van der Waals surface area contributed by atoms with Gasteiger partial charge in [-0.25, -0.2) is 9.37 Å². The average molecular weight is 1040 g/mol. The topological polar surface area (TPSA) is 274 Å². The average Bonchev–Trinajstić information content (AvgIpc) is 4.08. The number of unbranched alkanes of at least 4 members (excludes halogenated alkanes) is 2. The molecule has 5 aliphatic rings. The maximum Gasteiger partial charge on any atom is 0.313 e. The third kappa shape index (κ3) is 11.0. The first-order valence-electron chi connectivity index (χ1n) is 25.6. The van der Waals surface area contributed by atoms with E-state index in [1.165, 1.54) is 18.2 Å². The molecule has 4 aromatic rings. The van der Waals surface area contributed by atoms with Crippen LogP contribution in [0.1, 0.15) is 103 Å². The number of hydrogen-bond donors (Lipinski definition) is 5. The van der Waals surface area contributed by atoms with Crippen molar-refractivity contribution in [1.29, 1.82) is 0 Å². The molecule has 21 nitrogen and oxygen atoms in total. The van der Waals surface area contributed by atoms with Crippen molar-refractivity contribution in [1.82, 2.24) is 45.9 Å². The number of imide groups is 1. The van der Waals surface area contributed by atoms with Gasteiger partial charge in [0.25, 0.3) is 23.3 Å². The number of carbonyl (C=O) groups excluding carboxylic acids is 9. The van der Waals surface area contributed by atoms with Crippen molar-refractivity contribution < 1.29 is 57.0 Å². The van der Waals surface area contributed by atoms with Crippen LogP contribution in [0.4, 0.5) is 4.39 Å². The molecule has 0 saturated carbocycles. The Morgan fingerprint density at radius 1 is 0.842 bits per heavy atom. The number of amides is 8. The summed E-state index contributed by atoms with van der Waals surface area (Å²) in [7, 11) is 0. The third-order valence-electron chi connectivity index (χ3n) is 14.7. The molecule has 0 spiro atoms. The number of aromatic nitrogens is 2. The Balaban J connectivity index is 0.763. The van der Waals surface area contributed by atoms with Crippen molar-refractivity contribution in [2.24, 2.45) is 0 Å². The van der Waals surface area contributed by atoms with Gasteiger partial charge in [-0.1, -0.05) is 43.7 Å². The second kappa shape index (κ2) is 22.8. The van der Waals surface area contributed by atoms with Crippen LogP contribution < -0.4 is 32.1 Å². The maximum atomic E-state index is 15.5. The van der Waals surface area contributed by atoms with Gasteiger partial charge >= 0.3 is 5.97 Å². The summed E-state index contributed by atoms with van der Waals surface area (Å²) in [5.41, 5.74) is 5.68. The zero-order valence-corrected chi connectivity index (χ0v) is 42.1. The Bertz CT molecular complexity index is 3140. The summed E-state index contributed by atoms with van der Waals surface area (Å²) in [5.74, 6) is -5.53. The van der Waals surface area contributed by atoms with Crippen molar-refractivity contribution in [2.45, 2.75) is 109 Å². The van der Waals surface area contributed by atoms with Crippen molar-refractivity contribution in [3.63, 3.8) is 0 Å². The summed E-state index contributed by atoms with van der Waals surface area (Å²) in [6.07, 6.45) is 4.91. The van der Waals surface area contributed by atoms with Gasteiger partial charge in [0.2, 0.25) is 29.5 Å². The Morgan fingerprint density at radius 3 is 2.33 bits per heavy atom. The molecule has 0 bridgehead atoms. The lowest BCUT2D eigenvalue weighted by molar-refractivity contribution is -0.148. The number of carbonyl (C=O) groups is 9. The second-order valence-corrected chi connectivity index (χ2v) is 19.5. The molecule has 22 heteroatoms. The predicted octanol–water partition coefficient (Wildman–Crippen LogP) is 1.66. The molecule has 2 aromatic carbocycles. The van der Waals surface area contributed by atoms with Gasteiger partial charge < -0.3 is 45.5 Å². The number of halogens is 1. The number of ether oxygens (including phenoxy) is 2. The molecule has 1 unspecified atom stereocenters. The fourth-order valence-electron chi connectivity index (χ4n) is 10.8. The van der Waals surface area contributed by atoms with E-state index in [4.69, 9.17) is 14.5 Å². The SMILES string of the molecule is CC[C@H]1C(=O)OCc2c1cc1n(c2=O)Cc2c-1nc1cc(F)c(C)c3c1c2[C@@H](N1CCC(OCNC(=O)CNC(=O)[C@H](Cc2ccccc2)NC(=O)CNC(=O)CNC(=O)CCCCCN2C(=O)C=CC2=O)C1=O)CC3. The van der Waals surface area contributed by atoms with Crippen LogP contribution in [0.3, 0.4) is 0 Å². The number of aryl methyl sites for hydroxylation is 1. The van der Waals surface area contributed by atoms with Gasteiger partial charge in [0, 0.05) is 61.5 Å². The van der Waals surface area contributed by atoms with E-state index in [-0.39, 0.29) is 62.5 Å². The molecule has 5 N–H and O–H groups in total. The van der Waals surface area contributed by atoms with Gasteiger partial charge in [0.05, 0.1) is 60.6 Å². The number of nitrogens with zero attached hydrogens (tertiary/aromatic N) is 4. The van der Waals surface area contributed by atoms with Crippen LogP contribution in [0, 0.1) is 12.7 Å². The number of pyridine rings is 2. The molecule has 398 valence electrons. The Hall–Kier alpha value is -8.14. The minimum atomic E-state index is -1.15. The molecule has 76 heavy (non-hydrogen) atoms. The minimum absolute atomic E-state index is 0.0517. The van der Waals surface area contributed by atoms with E-state index in [0.717, 1.165) is 27.0 Å². The number of cyclic esters (lactones) is 1. The zero-order valence-electron chi connectivity index (χ0n) is 42.1. The fourth-order valence-corrected chi connectivity index (χ4v) is 10.8. The minimum Gasteiger partial charge on any atom is -0.460 e. The Morgan fingerprint density at radius 2 is 1.57 bits per heavy atom. The van der Waals surface area contributed by atoms with Crippen LogP contribution in [-0.2, 0) is 78.6 Å². The van der Waals surface area contributed by atoms with Gasteiger partial charge in [-0.05, 0) is 72.9 Å². The first-order chi connectivity index (χ1) is 36.6. The third-order valence-corrected chi connectivity index (χ3v) is 14.7. The molecule has 1 fully saturated rings. The van der Waals surface area contributed by atoms with E-state index < -0.39 is 85.1 Å². The van der Waals surface area contributed by atoms with Gasteiger partial charge in [0.15, 0.2) is 0 Å². The highest BCUT2D eigenvalue weighted by atomic mass is 19.1. The lowest BCUT2D eigenvalue weighted by atomic mass is 9.81. The molecule has 0 radical (unpaired) electrons. The molecule has 4 atom stereocenters. The highest BCUT2D eigenvalue weighted by Gasteiger charge is 2.43. The number of hydrogen-bond acceptors (Lipinski definition) is 13. The summed E-state index contributed by atoms with van der Waals surface area (Å²) in [4.78, 5) is 136. The van der Waals surface area contributed by atoms with E-state index in [2.05, 4.69) is 26.6 Å². The molecular formula is C54H58FN9O12. The molecule has 1 saturated heterocycles. The van der Waals surface area contributed by atoms with Gasteiger partial charge in [-0.15, -0.1) is 0 Å². The molecular weight excluding hydrogens is 986 g/mol. The Labute approximate surface area is 435 Å². The second-order valence-electron chi connectivity index (χ2n) is 19.5. The molecule has 2 aromatic heterocycles. The van der Waals surface area contributed by atoms with Crippen LogP contribution in [0.15, 0.2) is 59.4 Å². The van der Waals surface area contributed by atoms with Gasteiger partial charge in [-0.3, -0.25) is 52.8 Å². The molecule has 4 aliphatic heterocycles. The lowest BCUT2D eigenvalue weighted by Gasteiger charge is -2.35. The summed E-state index contributed by atoms with van der Waals surface area (Å²) in [6, 6.07) is 10.4. The van der Waals surface area contributed by atoms with E-state index >= 15 is 4.39 Å². The van der Waals surface area contributed by atoms with Crippen LogP contribution >= 0.6 is 0 Å². The summed E-state index contributed by atoms with van der Waals surface area (Å²) in [6.45, 7) is 2.41. The number of fused-ring (bicyclic) bond motifs is 5. The van der Waals surface area contributed by atoms with Crippen molar-refractivity contribution >= 4 is 64.1 Å². The zero-order chi connectivity index (χ0) is 53.8. The lowest BCUT2D eigenvalue weighted by Crippen LogP contribution is -2.52. The number of benzene rings is 2. The smallest absolute Gasteiger partial charge is 0.313 e. The number of nitrogens with one attached hydrogen (secondary N) is 5. The fraction of sp³-hybridized carbons (Fsp3) is 0.426. The Kier molecular flexibility index (Phi) is 15.8. The van der Waals surface area contributed by atoms with E-state index in [1.807, 2.05) is 13.0 Å². The van der Waals surface area contributed by atoms with Gasteiger partial charge in [0.1, 0.15) is 31.3 Å². The maximum absolute atomic E-state index is 15.5. The number of esters is 1. The van der Waals surface area contributed by atoms with Crippen LogP contribution in [0.2, 0.25) is 0 Å². The number of rotatable bonds is 21. The molecule has 1 aliphatic carbocycles. The van der Waals surface area contributed by atoms with Crippen molar-refractivity contribution in [2.75, 3.05) is 39.5 Å². The summed E-state index contributed by atoms with van der Waals surface area (Å²) >= 11 is 0. The predicted molar refractivity (Wildman–Crippen MR) is 269 cm³/mol. The van der Waals surface area contributed by atoms with Crippen LogP contribution in [0.5, 0.6) is 0 Å². The quantitative estimate of drug-likeness (QED) is 0.0303. The molecule has 6 heterocycles. The molecule has 8 amide bonds. The highest BCUT2D eigenvalue weighted by molar-refractivity contribution is 6.12. The first kappa shape index (κ1) is 52.7. The summed E-state index contributed by atoms with van der Waals surface area (Å²) < 4.78 is 28.4. The van der Waals surface area contributed by atoms with Crippen LogP contribution in [0.25, 0.3) is 22.3 Å². The van der Waals surface area contributed by atoms with E-state index in [1.54, 1.807) is 46.7 Å². The largest absolute Gasteiger partial charge is 0.460 e. The monoisotopic (exact) mass is 1040 g/mol. The summed E-state index contributed by atoms with van der Waals surface area (Å²) in [5, 5.41) is 13.3. The van der Waals surface area contributed by atoms with E-state index in [9.17, 15) is 47.9 Å². The number of likely N-dealkylation sites (tertiary alicyclic amines) is 1. The highest BCUT2D eigenvalue weighted by Crippen LogP contribution is 2.48. The first-order valence-corrected chi connectivity index (χ1v) is 25.6.